The van der Waals surface area contributed by atoms with E-state index in [9.17, 15) is 4.79 Å². The minimum atomic E-state index is 0.428. The lowest BCUT2D eigenvalue weighted by atomic mass is 10.2. The van der Waals surface area contributed by atoms with Crippen LogP contribution in [-0.2, 0) is 0 Å². The van der Waals surface area contributed by atoms with Crippen molar-refractivity contribution < 1.29 is 9.53 Å². The summed E-state index contributed by atoms with van der Waals surface area (Å²) in [5.74, 6) is 0.875. The summed E-state index contributed by atoms with van der Waals surface area (Å²) in [6, 6.07) is 13.8. The smallest absolute Gasteiger partial charge is 0.150 e. The molecular formula is C15H15O2P. The van der Waals surface area contributed by atoms with Gasteiger partial charge in [-0.1, -0.05) is 44.5 Å². The molecule has 0 saturated heterocycles. The zero-order valence-electron chi connectivity index (χ0n) is 10.4. The molecule has 0 saturated carbocycles. The van der Waals surface area contributed by atoms with E-state index in [4.69, 9.17) is 4.74 Å². The van der Waals surface area contributed by atoms with Gasteiger partial charge in [0.2, 0.25) is 0 Å². The molecule has 92 valence electrons. The molecule has 0 aliphatic rings. The summed E-state index contributed by atoms with van der Waals surface area (Å²) in [6.07, 6.45) is 0.907. The maximum Gasteiger partial charge on any atom is 0.150 e. The van der Waals surface area contributed by atoms with Gasteiger partial charge in [0, 0.05) is 10.9 Å². The van der Waals surface area contributed by atoms with E-state index in [1.165, 1.54) is 5.56 Å². The van der Waals surface area contributed by atoms with E-state index in [0.29, 0.717) is 8.58 Å². The van der Waals surface area contributed by atoms with Crippen LogP contribution < -0.4 is 15.3 Å². The quantitative estimate of drug-likeness (QED) is 0.622. The van der Waals surface area contributed by atoms with E-state index in [2.05, 4.69) is 13.0 Å². The first-order valence-corrected chi connectivity index (χ1v) is 6.70. The Morgan fingerprint density at radius 2 is 1.89 bits per heavy atom. The van der Waals surface area contributed by atoms with Gasteiger partial charge in [-0.2, -0.15) is 0 Å². The third kappa shape index (κ3) is 2.77. The topological polar surface area (TPSA) is 26.3 Å². The number of benzene rings is 2. The van der Waals surface area contributed by atoms with Crippen molar-refractivity contribution in [1.29, 1.82) is 0 Å². The van der Waals surface area contributed by atoms with E-state index in [1.54, 1.807) is 7.11 Å². The molecule has 2 rings (SSSR count). The van der Waals surface area contributed by atoms with Crippen LogP contribution >= 0.6 is 8.58 Å². The molecule has 0 aliphatic carbocycles. The first kappa shape index (κ1) is 12.8. The molecule has 3 heteroatoms. The minimum Gasteiger partial charge on any atom is -0.496 e. The van der Waals surface area contributed by atoms with Crippen LogP contribution in [0.15, 0.2) is 42.5 Å². The number of carbonyl (C=O) groups excluding carboxylic acids is 1. The summed E-state index contributed by atoms with van der Waals surface area (Å²) >= 11 is 0. The van der Waals surface area contributed by atoms with Crippen molar-refractivity contribution >= 4 is 25.5 Å². The van der Waals surface area contributed by atoms with Crippen molar-refractivity contribution in [3.8, 4) is 5.75 Å². The Morgan fingerprint density at radius 1 is 1.11 bits per heavy atom. The molecular weight excluding hydrogens is 243 g/mol. The lowest BCUT2D eigenvalue weighted by molar-refractivity contribution is 0.112. The van der Waals surface area contributed by atoms with Gasteiger partial charge in [-0.05, 0) is 24.4 Å². The standard InChI is InChI=1S/C15H15O2P/c1-11-7-8-13(17-2)15(9-11)18-14-6-4-3-5-12(14)10-16/h3-10,18H,1-2H3. The van der Waals surface area contributed by atoms with Gasteiger partial charge in [-0.15, -0.1) is 0 Å². The Labute approximate surface area is 109 Å². The lowest BCUT2D eigenvalue weighted by Crippen LogP contribution is -2.10. The SMILES string of the molecule is COc1ccc(C)cc1Pc1ccccc1C=O. The second kappa shape index (κ2) is 5.79. The van der Waals surface area contributed by atoms with Crippen LogP contribution in [0.5, 0.6) is 5.75 Å². The van der Waals surface area contributed by atoms with Gasteiger partial charge in [0.1, 0.15) is 5.75 Å². The summed E-state index contributed by atoms with van der Waals surface area (Å²) in [5.41, 5.74) is 1.95. The van der Waals surface area contributed by atoms with E-state index < -0.39 is 0 Å². The van der Waals surface area contributed by atoms with Crippen molar-refractivity contribution in [2.24, 2.45) is 0 Å². The molecule has 0 aliphatic heterocycles. The highest BCUT2D eigenvalue weighted by Gasteiger charge is 2.07. The third-order valence-corrected chi connectivity index (χ3v) is 4.10. The summed E-state index contributed by atoms with van der Waals surface area (Å²) in [4.78, 5) is 11.0. The minimum absolute atomic E-state index is 0.428. The first-order valence-electron chi connectivity index (χ1n) is 5.70. The molecule has 0 aromatic heterocycles. The fourth-order valence-electron chi connectivity index (χ4n) is 1.78. The van der Waals surface area contributed by atoms with Crippen LogP contribution in [-0.4, -0.2) is 13.4 Å². The van der Waals surface area contributed by atoms with Gasteiger partial charge in [0.15, 0.2) is 6.29 Å². The Bertz CT molecular complexity index is 564. The highest BCUT2D eigenvalue weighted by molar-refractivity contribution is 7.56. The molecule has 2 aromatic rings. The number of carbonyl (C=O) groups is 1. The number of rotatable bonds is 4. The molecule has 2 nitrogen and oxygen atoms in total. The molecule has 0 bridgehead atoms. The monoisotopic (exact) mass is 258 g/mol. The molecule has 0 spiro atoms. The number of hydrogen-bond acceptors (Lipinski definition) is 2. The van der Waals surface area contributed by atoms with Crippen molar-refractivity contribution in [3.05, 3.63) is 53.6 Å². The number of aryl methyl sites for hydroxylation is 1. The molecule has 2 aromatic carbocycles. The normalized spacial score (nSPS) is 10.8. The second-order valence-electron chi connectivity index (χ2n) is 4.03. The van der Waals surface area contributed by atoms with E-state index in [1.807, 2.05) is 36.4 Å². The van der Waals surface area contributed by atoms with Crippen molar-refractivity contribution in [2.75, 3.05) is 7.11 Å². The summed E-state index contributed by atoms with van der Waals surface area (Å²) in [5, 5.41) is 2.18. The molecule has 0 heterocycles. The first-order chi connectivity index (χ1) is 8.74. The Morgan fingerprint density at radius 3 is 2.61 bits per heavy atom. The van der Waals surface area contributed by atoms with Crippen LogP contribution in [0.2, 0.25) is 0 Å². The van der Waals surface area contributed by atoms with Gasteiger partial charge in [-0.3, -0.25) is 4.79 Å². The lowest BCUT2D eigenvalue weighted by Gasteiger charge is -2.10. The predicted octanol–water partition coefficient (Wildman–Crippen LogP) is 2.45. The average Bonchev–Trinajstić information content (AvgIpc) is 2.40. The maximum atomic E-state index is 11.0. The zero-order valence-corrected chi connectivity index (χ0v) is 11.4. The number of ether oxygens (including phenoxy) is 1. The largest absolute Gasteiger partial charge is 0.496 e. The van der Waals surface area contributed by atoms with Crippen LogP contribution in [0.1, 0.15) is 15.9 Å². The van der Waals surface area contributed by atoms with Crippen LogP contribution in [0, 0.1) is 6.92 Å². The summed E-state index contributed by atoms with van der Waals surface area (Å²) in [6.45, 7) is 2.05. The second-order valence-corrected chi connectivity index (χ2v) is 5.36. The van der Waals surface area contributed by atoms with Crippen molar-refractivity contribution in [3.63, 3.8) is 0 Å². The number of methoxy groups -OCH3 is 1. The van der Waals surface area contributed by atoms with Gasteiger partial charge in [-0.25, -0.2) is 0 Å². The molecule has 0 N–H and O–H groups in total. The predicted molar refractivity (Wildman–Crippen MR) is 77.1 cm³/mol. The highest BCUT2D eigenvalue weighted by atomic mass is 31.1. The molecule has 0 radical (unpaired) electrons. The highest BCUT2D eigenvalue weighted by Crippen LogP contribution is 2.21. The average molecular weight is 258 g/mol. The van der Waals surface area contributed by atoms with E-state index >= 15 is 0 Å². The van der Waals surface area contributed by atoms with E-state index in [0.717, 1.165) is 28.2 Å². The van der Waals surface area contributed by atoms with Gasteiger partial charge >= 0.3 is 0 Å². The van der Waals surface area contributed by atoms with Gasteiger partial charge in [0.05, 0.1) is 7.11 Å². The number of hydrogen-bond donors (Lipinski definition) is 0. The van der Waals surface area contributed by atoms with E-state index in [-0.39, 0.29) is 0 Å². The molecule has 0 amide bonds. The summed E-state index contributed by atoms with van der Waals surface area (Å²) < 4.78 is 5.36. The Balaban J connectivity index is 2.39. The Kier molecular flexibility index (Phi) is 4.11. The van der Waals surface area contributed by atoms with Crippen LogP contribution in [0.3, 0.4) is 0 Å². The fourth-order valence-corrected chi connectivity index (χ4v) is 3.14. The maximum absolute atomic E-state index is 11.0. The molecule has 1 atom stereocenters. The van der Waals surface area contributed by atoms with Gasteiger partial charge in [0.25, 0.3) is 0 Å². The Hall–Kier alpha value is -1.66. The molecule has 1 unspecified atom stereocenters. The van der Waals surface area contributed by atoms with Gasteiger partial charge < -0.3 is 4.74 Å². The molecule has 0 fully saturated rings. The molecule has 18 heavy (non-hydrogen) atoms. The number of aldehydes is 1. The third-order valence-electron chi connectivity index (χ3n) is 2.71. The van der Waals surface area contributed by atoms with Crippen molar-refractivity contribution in [1.82, 2.24) is 0 Å². The van der Waals surface area contributed by atoms with Crippen LogP contribution in [0.25, 0.3) is 0 Å². The van der Waals surface area contributed by atoms with Crippen LogP contribution in [0.4, 0.5) is 0 Å². The fraction of sp³-hybridized carbons (Fsp3) is 0.133. The zero-order chi connectivity index (χ0) is 13.0. The van der Waals surface area contributed by atoms with Crippen molar-refractivity contribution in [2.45, 2.75) is 6.92 Å². The summed E-state index contributed by atoms with van der Waals surface area (Å²) in [7, 11) is 2.10.